The molecule has 0 aliphatic carbocycles. The number of hydrogen-bond acceptors (Lipinski definition) is 5. The van der Waals surface area contributed by atoms with E-state index in [1.165, 1.54) is 23.6 Å². The molecule has 0 radical (unpaired) electrons. The lowest BCUT2D eigenvalue weighted by Gasteiger charge is -2.04. The first kappa shape index (κ1) is 15.5. The van der Waals surface area contributed by atoms with Crippen molar-refractivity contribution in [1.29, 1.82) is 0 Å². The van der Waals surface area contributed by atoms with Crippen molar-refractivity contribution in [2.45, 2.75) is 6.92 Å². The van der Waals surface area contributed by atoms with Crippen molar-refractivity contribution in [1.82, 2.24) is 9.97 Å². The molecule has 0 saturated carbocycles. The molecule has 0 aliphatic heterocycles. The number of aromatic nitrogens is 2. The summed E-state index contributed by atoms with van der Waals surface area (Å²) in [5.74, 6) is -0.324. The summed E-state index contributed by atoms with van der Waals surface area (Å²) < 4.78 is 0. The van der Waals surface area contributed by atoms with E-state index in [0.29, 0.717) is 20.6 Å². The number of hydrogen-bond donors (Lipinski definition) is 2. The van der Waals surface area contributed by atoms with Crippen LogP contribution in [0.1, 0.15) is 15.4 Å². The van der Waals surface area contributed by atoms with E-state index in [0.717, 1.165) is 5.56 Å². The summed E-state index contributed by atoms with van der Waals surface area (Å²) in [6.07, 6.45) is 1.49. The van der Waals surface area contributed by atoms with Gasteiger partial charge >= 0.3 is 0 Å². The molecule has 116 valence electrons. The highest BCUT2D eigenvalue weighted by Gasteiger charge is 2.18. The number of aryl methyl sites for hydroxylation is 1. The molecule has 2 N–H and O–H groups in total. The highest BCUT2D eigenvalue weighted by atomic mass is 35.5. The minimum absolute atomic E-state index is 0.0851. The van der Waals surface area contributed by atoms with E-state index < -0.39 is 0 Å². The molecular weight excluding hydrogens is 334 g/mol. The van der Waals surface area contributed by atoms with Crippen LogP contribution in [0.5, 0.6) is 5.75 Å². The average Bonchev–Trinajstić information content (AvgIpc) is 2.92. The van der Waals surface area contributed by atoms with Crippen molar-refractivity contribution in [3.05, 3.63) is 58.2 Å². The maximum Gasteiger partial charge on any atom is 0.268 e. The molecule has 3 aromatic rings. The number of nitrogens with zero attached hydrogens (tertiary/aromatic N) is 2. The average molecular weight is 346 g/mol. The lowest BCUT2D eigenvalue weighted by molar-refractivity contribution is 0.102. The van der Waals surface area contributed by atoms with Crippen LogP contribution in [0.2, 0.25) is 5.02 Å². The molecule has 0 saturated heterocycles. The van der Waals surface area contributed by atoms with Crippen LogP contribution in [-0.2, 0) is 0 Å². The highest BCUT2D eigenvalue weighted by molar-refractivity contribution is 7.17. The van der Waals surface area contributed by atoms with Crippen LogP contribution in [0.4, 0.5) is 5.82 Å². The van der Waals surface area contributed by atoms with Crippen LogP contribution in [-0.4, -0.2) is 21.0 Å². The van der Waals surface area contributed by atoms with E-state index in [2.05, 4.69) is 15.3 Å². The molecule has 0 spiro atoms. The Morgan fingerprint density at radius 1 is 1.30 bits per heavy atom. The van der Waals surface area contributed by atoms with E-state index in [4.69, 9.17) is 11.6 Å². The Kier molecular flexibility index (Phi) is 4.27. The fourth-order valence-electron chi connectivity index (χ4n) is 2.01. The summed E-state index contributed by atoms with van der Waals surface area (Å²) in [5.41, 5.74) is 1.46. The molecule has 1 aromatic carbocycles. The molecule has 23 heavy (non-hydrogen) atoms. The quantitative estimate of drug-likeness (QED) is 0.748. The van der Waals surface area contributed by atoms with Crippen molar-refractivity contribution in [2.75, 3.05) is 5.32 Å². The molecule has 5 nitrogen and oxygen atoms in total. The largest absolute Gasteiger partial charge is 0.504 e. The van der Waals surface area contributed by atoms with Crippen molar-refractivity contribution in [3.63, 3.8) is 0 Å². The zero-order valence-corrected chi connectivity index (χ0v) is 13.6. The smallest absolute Gasteiger partial charge is 0.268 e. The Bertz CT molecular complexity index is 879. The van der Waals surface area contributed by atoms with Gasteiger partial charge in [-0.15, -0.1) is 11.3 Å². The summed E-state index contributed by atoms with van der Waals surface area (Å²) >= 11 is 7.25. The molecule has 0 unspecified atom stereocenters. The molecule has 2 aromatic heterocycles. The third-order valence-corrected chi connectivity index (χ3v) is 4.53. The van der Waals surface area contributed by atoms with Gasteiger partial charge in [0.15, 0.2) is 11.6 Å². The van der Waals surface area contributed by atoms with Gasteiger partial charge in [-0.3, -0.25) is 4.79 Å². The van der Waals surface area contributed by atoms with Crippen LogP contribution in [0.15, 0.2) is 42.6 Å². The number of pyridine rings is 1. The standard InChI is InChI=1S/C16H12ClN3O2S/c1-9-13(15(22)20-14-12(21)6-3-7-18-14)23-16(19-9)10-4-2-5-11(17)8-10/h2-8,21H,1H3,(H,18,20,22). The van der Waals surface area contributed by atoms with Crippen LogP contribution in [0.3, 0.4) is 0 Å². The number of aromatic hydroxyl groups is 1. The molecule has 3 rings (SSSR count). The van der Waals surface area contributed by atoms with Crippen molar-refractivity contribution < 1.29 is 9.90 Å². The van der Waals surface area contributed by atoms with Gasteiger partial charge in [0, 0.05) is 16.8 Å². The van der Waals surface area contributed by atoms with Gasteiger partial charge in [0.1, 0.15) is 9.88 Å². The minimum atomic E-state index is -0.359. The fraction of sp³-hybridized carbons (Fsp3) is 0.0625. The van der Waals surface area contributed by atoms with E-state index >= 15 is 0 Å². The number of nitrogens with one attached hydrogen (secondary N) is 1. The van der Waals surface area contributed by atoms with E-state index in [1.807, 2.05) is 12.1 Å². The normalized spacial score (nSPS) is 10.5. The van der Waals surface area contributed by atoms with Gasteiger partial charge in [0.2, 0.25) is 0 Å². The van der Waals surface area contributed by atoms with Crippen molar-refractivity contribution in [3.8, 4) is 16.3 Å². The number of rotatable bonds is 3. The third kappa shape index (κ3) is 3.33. The molecule has 7 heteroatoms. The molecule has 2 heterocycles. The van der Waals surface area contributed by atoms with Gasteiger partial charge < -0.3 is 10.4 Å². The van der Waals surface area contributed by atoms with Gasteiger partial charge in [-0.1, -0.05) is 23.7 Å². The summed E-state index contributed by atoms with van der Waals surface area (Å²) in [5, 5.41) is 13.6. The number of anilines is 1. The zero-order chi connectivity index (χ0) is 16.4. The summed E-state index contributed by atoms with van der Waals surface area (Å²) in [7, 11) is 0. The summed E-state index contributed by atoms with van der Waals surface area (Å²) in [4.78, 5) is 21.2. The topological polar surface area (TPSA) is 75.1 Å². The predicted molar refractivity (Wildman–Crippen MR) is 91.2 cm³/mol. The Labute approximate surface area is 141 Å². The number of carbonyl (C=O) groups is 1. The first-order chi connectivity index (χ1) is 11.0. The minimum Gasteiger partial charge on any atom is -0.504 e. The summed E-state index contributed by atoms with van der Waals surface area (Å²) in [6.45, 7) is 1.76. The predicted octanol–water partition coefficient (Wildman–Crippen LogP) is 4.12. The van der Waals surface area contributed by atoms with Crippen molar-refractivity contribution in [2.24, 2.45) is 0 Å². The van der Waals surface area contributed by atoms with Gasteiger partial charge in [0.05, 0.1) is 5.69 Å². The van der Waals surface area contributed by atoms with E-state index in [-0.39, 0.29) is 17.5 Å². The number of carbonyl (C=O) groups excluding carboxylic acids is 1. The number of amides is 1. The number of thiazole rings is 1. The second-order valence-corrected chi connectivity index (χ2v) is 6.20. The Morgan fingerprint density at radius 3 is 2.87 bits per heavy atom. The zero-order valence-electron chi connectivity index (χ0n) is 12.1. The van der Waals surface area contributed by atoms with Crippen molar-refractivity contribution >= 4 is 34.7 Å². The summed E-state index contributed by atoms with van der Waals surface area (Å²) in [6, 6.07) is 10.3. The van der Waals surface area contributed by atoms with Gasteiger partial charge in [0.25, 0.3) is 5.91 Å². The highest BCUT2D eigenvalue weighted by Crippen LogP contribution is 2.30. The van der Waals surface area contributed by atoms with Gasteiger partial charge in [-0.25, -0.2) is 9.97 Å². The molecule has 1 amide bonds. The molecule has 0 fully saturated rings. The second kappa shape index (κ2) is 6.36. The molecule has 0 atom stereocenters. The first-order valence-corrected chi connectivity index (χ1v) is 7.93. The van der Waals surface area contributed by atoms with Crippen LogP contribution >= 0.6 is 22.9 Å². The second-order valence-electron chi connectivity index (χ2n) is 4.77. The van der Waals surface area contributed by atoms with Crippen LogP contribution in [0, 0.1) is 6.92 Å². The van der Waals surface area contributed by atoms with Gasteiger partial charge in [-0.05, 0) is 31.2 Å². The maximum atomic E-state index is 12.4. The first-order valence-electron chi connectivity index (χ1n) is 6.73. The SMILES string of the molecule is Cc1nc(-c2cccc(Cl)c2)sc1C(=O)Nc1ncccc1O. The number of benzene rings is 1. The molecule has 0 bridgehead atoms. The Morgan fingerprint density at radius 2 is 2.13 bits per heavy atom. The third-order valence-electron chi connectivity index (χ3n) is 3.09. The lowest BCUT2D eigenvalue weighted by atomic mass is 10.2. The van der Waals surface area contributed by atoms with Crippen LogP contribution in [0.25, 0.3) is 10.6 Å². The Hall–Kier alpha value is -2.44. The van der Waals surface area contributed by atoms with E-state index in [1.54, 1.807) is 25.1 Å². The fourth-order valence-corrected chi connectivity index (χ4v) is 3.16. The lowest BCUT2D eigenvalue weighted by Crippen LogP contribution is -2.12. The molecular formula is C16H12ClN3O2S. The van der Waals surface area contributed by atoms with Crippen LogP contribution < -0.4 is 5.32 Å². The number of halogens is 1. The van der Waals surface area contributed by atoms with E-state index in [9.17, 15) is 9.90 Å². The Balaban J connectivity index is 1.89. The van der Waals surface area contributed by atoms with Gasteiger partial charge in [-0.2, -0.15) is 0 Å². The monoisotopic (exact) mass is 345 g/mol. The maximum absolute atomic E-state index is 12.4. The molecule has 0 aliphatic rings.